The summed E-state index contributed by atoms with van der Waals surface area (Å²) in [4.78, 5) is 25.5. The number of hydrogen-bond donors (Lipinski definition) is 1. The number of ether oxygens (including phenoxy) is 1. The molecule has 2 heterocycles. The number of aromatic nitrogens is 2. The summed E-state index contributed by atoms with van der Waals surface area (Å²) in [5.41, 5.74) is 3.66. The molecule has 0 fully saturated rings. The van der Waals surface area contributed by atoms with Gasteiger partial charge in [0, 0.05) is 16.7 Å². The number of imidazole rings is 1. The van der Waals surface area contributed by atoms with Gasteiger partial charge in [0.25, 0.3) is 0 Å². The van der Waals surface area contributed by atoms with Crippen LogP contribution >= 0.6 is 11.3 Å². The molecule has 0 bridgehead atoms. The molecular formula is C23H24N2O4S. The van der Waals surface area contributed by atoms with E-state index in [1.165, 1.54) is 22.8 Å². The maximum atomic E-state index is 13.5. The number of fused-ring (bicyclic) bond motifs is 2. The van der Waals surface area contributed by atoms with Crippen LogP contribution in [-0.4, -0.2) is 33.9 Å². The molecule has 6 nitrogen and oxygen atoms in total. The normalized spacial score (nSPS) is 12.5. The van der Waals surface area contributed by atoms with E-state index < -0.39 is 12.0 Å². The van der Waals surface area contributed by atoms with Crippen molar-refractivity contribution in [2.75, 3.05) is 13.7 Å². The van der Waals surface area contributed by atoms with Crippen molar-refractivity contribution < 1.29 is 14.6 Å². The molecule has 2 aromatic carbocycles. The molecule has 0 spiro atoms. The lowest BCUT2D eigenvalue weighted by molar-refractivity contribution is -0.141. The van der Waals surface area contributed by atoms with Gasteiger partial charge in [-0.3, -0.25) is 13.9 Å². The van der Waals surface area contributed by atoms with Gasteiger partial charge in [0.15, 0.2) is 0 Å². The number of esters is 1. The number of nitrogens with zero attached hydrogens (tertiary/aromatic N) is 2. The van der Waals surface area contributed by atoms with Gasteiger partial charge in [-0.1, -0.05) is 24.3 Å². The maximum absolute atomic E-state index is 13.5. The fraction of sp³-hybridized carbons (Fsp3) is 0.304. The number of hydrogen-bond acceptors (Lipinski definition) is 5. The summed E-state index contributed by atoms with van der Waals surface area (Å²) in [6.07, 6.45) is 0.328. The van der Waals surface area contributed by atoms with Gasteiger partial charge in [0.05, 0.1) is 37.2 Å². The quantitative estimate of drug-likeness (QED) is 0.457. The molecule has 1 atom stereocenters. The van der Waals surface area contributed by atoms with Crippen LogP contribution < -0.4 is 5.69 Å². The zero-order valence-electron chi connectivity index (χ0n) is 17.0. The molecule has 30 heavy (non-hydrogen) atoms. The number of aliphatic hydroxyl groups excluding tert-OH is 1. The molecule has 4 aromatic rings. The van der Waals surface area contributed by atoms with Gasteiger partial charge in [-0.15, -0.1) is 11.3 Å². The summed E-state index contributed by atoms with van der Waals surface area (Å²) in [6.45, 7) is 2.40. The first-order valence-corrected chi connectivity index (χ1v) is 10.8. The van der Waals surface area contributed by atoms with Crippen LogP contribution in [0.2, 0.25) is 0 Å². The van der Waals surface area contributed by atoms with E-state index >= 15 is 0 Å². The fourth-order valence-electron chi connectivity index (χ4n) is 4.12. The van der Waals surface area contributed by atoms with Gasteiger partial charge in [0.2, 0.25) is 0 Å². The van der Waals surface area contributed by atoms with Crippen LogP contribution in [-0.2, 0) is 16.1 Å². The van der Waals surface area contributed by atoms with E-state index in [1.54, 1.807) is 20.5 Å². The second kappa shape index (κ2) is 8.45. The lowest BCUT2D eigenvalue weighted by Crippen LogP contribution is -2.29. The minimum Gasteiger partial charge on any atom is -0.469 e. The zero-order valence-corrected chi connectivity index (χ0v) is 17.8. The smallest absolute Gasteiger partial charge is 0.329 e. The summed E-state index contributed by atoms with van der Waals surface area (Å²) >= 11 is 1.67. The Morgan fingerprint density at radius 1 is 1.17 bits per heavy atom. The van der Waals surface area contributed by atoms with Gasteiger partial charge < -0.3 is 9.84 Å². The molecule has 0 aliphatic rings. The zero-order chi connectivity index (χ0) is 21.3. The van der Waals surface area contributed by atoms with Crippen molar-refractivity contribution in [3.63, 3.8) is 0 Å². The highest BCUT2D eigenvalue weighted by Gasteiger charge is 2.23. The molecule has 2 aromatic heterocycles. The minimum absolute atomic E-state index is 0.0332. The third kappa shape index (κ3) is 3.55. The van der Waals surface area contributed by atoms with Gasteiger partial charge >= 0.3 is 11.7 Å². The van der Waals surface area contributed by atoms with E-state index in [-0.39, 0.29) is 18.7 Å². The minimum atomic E-state index is -0.470. The summed E-state index contributed by atoms with van der Waals surface area (Å²) in [7, 11) is 1.33. The summed E-state index contributed by atoms with van der Waals surface area (Å²) in [6, 6.07) is 13.3. The number of carbonyl (C=O) groups is 1. The van der Waals surface area contributed by atoms with Crippen molar-refractivity contribution in [1.29, 1.82) is 0 Å². The van der Waals surface area contributed by atoms with Crippen molar-refractivity contribution in [2.45, 2.75) is 32.4 Å². The number of carbonyl (C=O) groups excluding carboxylic acids is 1. The van der Waals surface area contributed by atoms with Crippen molar-refractivity contribution in [3.05, 3.63) is 69.5 Å². The molecular weight excluding hydrogens is 400 g/mol. The topological polar surface area (TPSA) is 73.5 Å². The number of para-hydroxylation sites is 2. The third-order valence-electron chi connectivity index (χ3n) is 5.54. The number of benzene rings is 2. The average molecular weight is 425 g/mol. The van der Waals surface area contributed by atoms with Crippen molar-refractivity contribution in [2.24, 2.45) is 0 Å². The second-order valence-corrected chi connectivity index (χ2v) is 8.29. The highest BCUT2D eigenvalue weighted by Crippen LogP contribution is 2.30. The average Bonchev–Trinajstić information content (AvgIpc) is 3.28. The molecule has 0 saturated carbocycles. The molecule has 0 radical (unpaired) electrons. The Kier molecular flexibility index (Phi) is 5.74. The van der Waals surface area contributed by atoms with Gasteiger partial charge in [-0.2, -0.15) is 0 Å². The number of thiophene rings is 1. The molecule has 4 rings (SSSR count). The molecule has 1 unspecified atom stereocenters. The van der Waals surface area contributed by atoms with E-state index in [0.29, 0.717) is 13.0 Å². The van der Waals surface area contributed by atoms with E-state index in [0.717, 1.165) is 16.6 Å². The monoisotopic (exact) mass is 424 g/mol. The Morgan fingerprint density at radius 3 is 2.67 bits per heavy atom. The molecule has 1 N–H and O–H groups in total. The molecule has 0 amide bonds. The highest BCUT2D eigenvalue weighted by molar-refractivity contribution is 7.17. The lowest BCUT2D eigenvalue weighted by Gasteiger charge is -2.16. The summed E-state index contributed by atoms with van der Waals surface area (Å²) < 4.78 is 9.40. The predicted octanol–water partition coefficient (Wildman–Crippen LogP) is 3.86. The highest BCUT2D eigenvalue weighted by atomic mass is 32.1. The van der Waals surface area contributed by atoms with Gasteiger partial charge in [0.1, 0.15) is 0 Å². The van der Waals surface area contributed by atoms with Crippen molar-refractivity contribution in [3.8, 4) is 0 Å². The molecule has 156 valence electrons. The predicted molar refractivity (Wildman–Crippen MR) is 119 cm³/mol. The van der Waals surface area contributed by atoms with Crippen LogP contribution in [0.3, 0.4) is 0 Å². The standard InChI is InChI=1S/C23H24N2O4S/c1-15-6-5-9-20-22(15)16(14-30-20)13-24-18-7-3-4-8-19(18)25(23(24)28)17(10-11-26)12-21(27)29-2/h3-9,14,17,26H,10-13H2,1-2H3. The summed E-state index contributed by atoms with van der Waals surface area (Å²) in [5.74, 6) is -0.406. The lowest BCUT2D eigenvalue weighted by atomic mass is 10.1. The van der Waals surface area contributed by atoms with Crippen LogP contribution in [0.4, 0.5) is 0 Å². The van der Waals surface area contributed by atoms with Gasteiger partial charge in [-0.25, -0.2) is 4.79 Å². The van der Waals surface area contributed by atoms with Crippen LogP contribution in [0.1, 0.15) is 30.0 Å². The number of methoxy groups -OCH3 is 1. The van der Waals surface area contributed by atoms with E-state index in [9.17, 15) is 14.7 Å². The Bertz CT molecular complexity index is 1270. The Balaban J connectivity index is 1.86. The molecule has 7 heteroatoms. The Hall–Kier alpha value is -2.90. The first kappa shape index (κ1) is 20.4. The van der Waals surface area contributed by atoms with E-state index in [4.69, 9.17) is 4.74 Å². The van der Waals surface area contributed by atoms with Crippen LogP contribution in [0.5, 0.6) is 0 Å². The molecule has 0 aliphatic heterocycles. The Labute approximate surface area is 177 Å². The maximum Gasteiger partial charge on any atom is 0.329 e. The van der Waals surface area contributed by atoms with E-state index in [2.05, 4.69) is 24.4 Å². The number of aliphatic hydroxyl groups is 1. The molecule has 0 saturated heterocycles. The van der Waals surface area contributed by atoms with Crippen LogP contribution in [0, 0.1) is 6.92 Å². The SMILES string of the molecule is COC(=O)CC(CCO)n1c(=O)n(Cc2csc3cccc(C)c23)c2ccccc21. The Morgan fingerprint density at radius 2 is 1.93 bits per heavy atom. The van der Waals surface area contributed by atoms with Crippen LogP contribution in [0.25, 0.3) is 21.1 Å². The van der Waals surface area contributed by atoms with E-state index in [1.807, 2.05) is 30.3 Å². The van der Waals surface area contributed by atoms with Crippen molar-refractivity contribution >= 4 is 38.4 Å². The van der Waals surface area contributed by atoms with Crippen LogP contribution in [0.15, 0.2) is 52.6 Å². The molecule has 0 aliphatic carbocycles. The third-order valence-corrected chi connectivity index (χ3v) is 6.54. The number of rotatable bonds is 7. The second-order valence-electron chi connectivity index (χ2n) is 7.38. The summed E-state index contributed by atoms with van der Waals surface area (Å²) in [5, 5.41) is 12.8. The first-order chi connectivity index (χ1) is 14.5. The first-order valence-electron chi connectivity index (χ1n) is 9.88. The largest absolute Gasteiger partial charge is 0.469 e. The fourth-order valence-corrected chi connectivity index (χ4v) is 5.14. The number of aryl methyl sites for hydroxylation is 1. The van der Waals surface area contributed by atoms with Crippen molar-refractivity contribution in [1.82, 2.24) is 9.13 Å². The van der Waals surface area contributed by atoms with Gasteiger partial charge in [-0.05, 0) is 48.1 Å².